The van der Waals surface area contributed by atoms with Crippen LogP contribution in [0.15, 0.2) is 0 Å². The number of hydrogen-bond acceptors (Lipinski definition) is 2. The van der Waals surface area contributed by atoms with E-state index in [0.717, 1.165) is 44.9 Å². The molecular formula is C11H19NO2. The van der Waals surface area contributed by atoms with Gasteiger partial charge in [0.05, 0.1) is 6.10 Å². The second kappa shape index (κ2) is 4.78. The minimum atomic E-state index is 0.306. The van der Waals surface area contributed by atoms with Crippen LogP contribution in [-0.2, 0) is 9.53 Å². The summed E-state index contributed by atoms with van der Waals surface area (Å²) < 4.78 is 5.52. The van der Waals surface area contributed by atoms with Crippen molar-refractivity contribution in [1.29, 1.82) is 0 Å². The van der Waals surface area contributed by atoms with Crippen molar-refractivity contribution >= 4 is 6.41 Å². The first-order chi connectivity index (χ1) is 6.88. The minimum absolute atomic E-state index is 0.306. The summed E-state index contributed by atoms with van der Waals surface area (Å²) in [4.78, 5) is 12.7. The lowest BCUT2D eigenvalue weighted by Gasteiger charge is -2.31. The largest absolute Gasteiger partial charge is 0.376 e. The topological polar surface area (TPSA) is 29.5 Å². The average Bonchev–Trinajstić information content (AvgIpc) is 2.61. The molecule has 3 nitrogen and oxygen atoms in total. The maximum atomic E-state index is 10.8. The van der Waals surface area contributed by atoms with E-state index in [4.69, 9.17) is 4.74 Å². The summed E-state index contributed by atoms with van der Waals surface area (Å²) in [5, 5.41) is 0. The van der Waals surface area contributed by atoms with Gasteiger partial charge in [-0.3, -0.25) is 4.79 Å². The highest BCUT2D eigenvalue weighted by atomic mass is 16.5. The summed E-state index contributed by atoms with van der Waals surface area (Å²) in [6.07, 6.45) is 7.51. The summed E-state index contributed by atoms with van der Waals surface area (Å²) in [6.45, 7) is 2.63. The molecule has 1 unspecified atom stereocenters. The molecule has 2 fully saturated rings. The van der Waals surface area contributed by atoms with E-state index >= 15 is 0 Å². The number of carbonyl (C=O) groups excluding carboxylic acids is 1. The first-order valence-corrected chi connectivity index (χ1v) is 5.69. The monoisotopic (exact) mass is 197 g/mol. The average molecular weight is 197 g/mol. The Bertz CT molecular complexity index is 186. The number of rotatable bonds is 5. The van der Waals surface area contributed by atoms with Crippen LogP contribution in [-0.4, -0.2) is 37.1 Å². The zero-order chi connectivity index (χ0) is 9.80. The highest BCUT2D eigenvalue weighted by Gasteiger charge is 2.23. The first kappa shape index (κ1) is 9.97. The molecule has 0 radical (unpaired) electrons. The lowest BCUT2D eigenvalue weighted by atomic mass is 9.85. The fourth-order valence-corrected chi connectivity index (χ4v) is 2.22. The zero-order valence-corrected chi connectivity index (χ0v) is 8.65. The fraction of sp³-hybridized carbons (Fsp3) is 0.909. The van der Waals surface area contributed by atoms with E-state index in [0.29, 0.717) is 6.10 Å². The van der Waals surface area contributed by atoms with Crippen molar-refractivity contribution in [3.63, 3.8) is 0 Å². The molecule has 2 rings (SSSR count). The molecule has 3 heteroatoms. The number of amides is 1. The van der Waals surface area contributed by atoms with Gasteiger partial charge in [0.15, 0.2) is 0 Å². The molecule has 0 spiro atoms. The van der Waals surface area contributed by atoms with Crippen LogP contribution >= 0.6 is 0 Å². The summed E-state index contributed by atoms with van der Waals surface area (Å²) in [7, 11) is 0. The Balaban J connectivity index is 1.70. The standard InChI is InChI=1S/C11H19NO2/c13-9-12(7-10-3-1-4-10)8-11-5-2-6-14-11/h9-11H,1-8H2. The van der Waals surface area contributed by atoms with E-state index in [9.17, 15) is 4.79 Å². The Morgan fingerprint density at radius 2 is 2.07 bits per heavy atom. The molecule has 0 aromatic carbocycles. The number of nitrogens with zero attached hydrogens (tertiary/aromatic N) is 1. The van der Waals surface area contributed by atoms with Crippen molar-refractivity contribution in [2.24, 2.45) is 5.92 Å². The quantitative estimate of drug-likeness (QED) is 0.624. The molecule has 1 heterocycles. The van der Waals surface area contributed by atoms with E-state index in [1.807, 2.05) is 4.90 Å². The summed E-state index contributed by atoms with van der Waals surface area (Å²) >= 11 is 0. The van der Waals surface area contributed by atoms with Crippen molar-refractivity contribution in [3.8, 4) is 0 Å². The van der Waals surface area contributed by atoms with E-state index in [1.54, 1.807) is 0 Å². The number of carbonyl (C=O) groups is 1. The molecule has 1 atom stereocenters. The zero-order valence-electron chi connectivity index (χ0n) is 8.65. The Labute approximate surface area is 85.4 Å². The molecule has 0 aromatic heterocycles. The molecule has 1 saturated carbocycles. The normalized spacial score (nSPS) is 27.3. The van der Waals surface area contributed by atoms with Crippen LogP contribution in [0.1, 0.15) is 32.1 Å². The molecular weight excluding hydrogens is 178 g/mol. The Hall–Kier alpha value is -0.570. The Morgan fingerprint density at radius 3 is 2.57 bits per heavy atom. The molecule has 14 heavy (non-hydrogen) atoms. The third kappa shape index (κ3) is 2.47. The van der Waals surface area contributed by atoms with Gasteiger partial charge in [0.2, 0.25) is 6.41 Å². The first-order valence-electron chi connectivity index (χ1n) is 5.69. The van der Waals surface area contributed by atoms with Gasteiger partial charge in [-0.25, -0.2) is 0 Å². The number of ether oxygens (including phenoxy) is 1. The summed E-state index contributed by atoms with van der Waals surface area (Å²) in [5.74, 6) is 0.765. The lowest BCUT2D eigenvalue weighted by molar-refractivity contribution is -0.120. The second-order valence-electron chi connectivity index (χ2n) is 4.49. The smallest absolute Gasteiger partial charge is 0.209 e. The van der Waals surface area contributed by atoms with Crippen molar-refractivity contribution in [2.45, 2.75) is 38.2 Å². The SMILES string of the molecule is O=CN(CC1CCC1)CC1CCCO1. The van der Waals surface area contributed by atoms with Crippen LogP contribution in [0.25, 0.3) is 0 Å². The van der Waals surface area contributed by atoms with Crippen LogP contribution in [0.3, 0.4) is 0 Å². The predicted molar refractivity (Wildman–Crippen MR) is 54.0 cm³/mol. The third-order valence-electron chi connectivity index (χ3n) is 3.33. The Morgan fingerprint density at radius 1 is 1.21 bits per heavy atom. The minimum Gasteiger partial charge on any atom is -0.376 e. The van der Waals surface area contributed by atoms with E-state index in [-0.39, 0.29) is 0 Å². The molecule has 1 aliphatic carbocycles. The van der Waals surface area contributed by atoms with Crippen molar-refractivity contribution in [2.75, 3.05) is 19.7 Å². The molecule has 2 aliphatic rings. The second-order valence-corrected chi connectivity index (χ2v) is 4.49. The molecule has 80 valence electrons. The summed E-state index contributed by atoms with van der Waals surface area (Å²) in [5.41, 5.74) is 0. The van der Waals surface area contributed by atoms with Gasteiger partial charge in [-0.15, -0.1) is 0 Å². The van der Waals surface area contributed by atoms with Crippen molar-refractivity contribution in [3.05, 3.63) is 0 Å². The van der Waals surface area contributed by atoms with Crippen molar-refractivity contribution in [1.82, 2.24) is 4.90 Å². The molecule has 1 aliphatic heterocycles. The van der Waals surface area contributed by atoms with E-state index in [1.165, 1.54) is 19.3 Å². The summed E-state index contributed by atoms with van der Waals surface area (Å²) in [6, 6.07) is 0. The van der Waals surface area contributed by atoms with Gasteiger partial charge in [-0.05, 0) is 31.6 Å². The highest BCUT2D eigenvalue weighted by Crippen LogP contribution is 2.27. The van der Waals surface area contributed by atoms with Gasteiger partial charge in [0.1, 0.15) is 0 Å². The van der Waals surface area contributed by atoms with Crippen LogP contribution < -0.4 is 0 Å². The molecule has 0 aromatic rings. The molecule has 1 saturated heterocycles. The van der Waals surface area contributed by atoms with Crippen LogP contribution in [0.2, 0.25) is 0 Å². The van der Waals surface area contributed by atoms with Crippen LogP contribution in [0.4, 0.5) is 0 Å². The van der Waals surface area contributed by atoms with Gasteiger partial charge in [0, 0.05) is 19.7 Å². The fourth-order valence-electron chi connectivity index (χ4n) is 2.22. The van der Waals surface area contributed by atoms with Crippen molar-refractivity contribution < 1.29 is 9.53 Å². The predicted octanol–water partition coefficient (Wildman–Crippen LogP) is 1.42. The van der Waals surface area contributed by atoms with Crippen LogP contribution in [0.5, 0.6) is 0 Å². The molecule has 1 amide bonds. The third-order valence-corrected chi connectivity index (χ3v) is 3.33. The maximum absolute atomic E-state index is 10.8. The van der Waals surface area contributed by atoms with E-state index in [2.05, 4.69) is 0 Å². The van der Waals surface area contributed by atoms with Gasteiger partial charge >= 0.3 is 0 Å². The molecule has 0 N–H and O–H groups in total. The van der Waals surface area contributed by atoms with Gasteiger partial charge in [-0.1, -0.05) is 6.42 Å². The molecule has 0 bridgehead atoms. The lowest BCUT2D eigenvalue weighted by Crippen LogP contribution is -2.36. The van der Waals surface area contributed by atoms with Gasteiger partial charge in [0.25, 0.3) is 0 Å². The number of hydrogen-bond donors (Lipinski definition) is 0. The van der Waals surface area contributed by atoms with Gasteiger partial charge < -0.3 is 9.64 Å². The highest BCUT2D eigenvalue weighted by molar-refractivity contribution is 5.47. The van der Waals surface area contributed by atoms with Crippen LogP contribution in [0, 0.1) is 5.92 Å². The van der Waals surface area contributed by atoms with E-state index < -0.39 is 0 Å². The maximum Gasteiger partial charge on any atom is 0.209 e. The Kier molecular flexibility index (Phi) is 3.40. The van der Waals surface area contributed by atoms with Gasteiger partial charge in [-0.2, -0.15) is 0 Å².